The molecule has 2 aromatic rings. The number of nitrogens with one attached hydrogen (secondary N) is 1. The summed E-state index contributed by atoms with van der Waals surface area (Å²) in [6.45, 7) is 3.52. The first kappa shape index (κ1) is 17.3. The minimum absolute atomic E-state index is 0.0527. The summed E-state index contributed by atoms with van der Waals surface area (Å²) in [5.74, 6) is 1.38. The molecule has 1 unspecified atom stereocenters. The van der Waals surface area contributed by atoms with E-state index in [9.17, 15) is 4.79 Å². The molecular weight excluding hydrogens is 314 g/mol. The van der Waals surface area contributed by atoms with Crippen LogP contribution in [0.15, 0.2) is 30.7 Å². The molecule has 2 aromatic heterocycles. The first-order chi connectivity index (χ1) is 12.2. The van der Waals surface area contributed by atoms with Gasteiger partial charge in [-0.25, -0.2) is 4.98 Å². The van der Waals surface area contributed by atoms with Crippen molar-refractivity contribution in [1.82, 2.24) is 19.9 Å². The summed E-state index contributed by atoms with van der Waals surface area (Å²) in [6.07, 6.45) is 9.34. The van der Waals surface area contributed by atoms with Crippen molar-refractivity contribution in [3.05, 3.63) is 47.7 Å². The lowest BCUT2D eigenvalue weighted by atomic mass is 9.95. The predicted molar refractivity (Wildman–Crippen MR) is 97.5 cm³/mol. The lowest BCUT2D eigenvalue weighted by Crippen LogP contribution is -2.33. The predicted octanol–water partition coefficient (Wildman–Crippen LogP) is 2.71. The van der Waals surface area contributed by atoms with Crippen molar-refractivity contribution in [3.63, 3.8) is 0 Å². The van der Waals surface area contributed by atoms with Crippen LogP contribution in [0, 0.1) is 12.8 Å². The minimum atomic E-state index is 0.0527. The topological polar surface area (TPSA) is 71.0 Å². The highest BCUT2D eigenvalue weighted by Gasteiger charge is 2.23. The van der Waals surface area contributed by atoms with Gasteiger partial charge >= 0.3 is 0 Å². The first-order valence-corrected chi connectivity index (χ1v) is 8.87. The molecule has 1 amide bonds. The van der Waals surface area contributed by atoms with Crippen molar-refractivity contribution < 1.29 is 4.79 Å². The molecule has 25 heavy (non-hydrogen) atoms. The van der Waals surface area contributed by atoms with Crippen LogP contribution >= 0.6 is 0 Å². The molecular formula is C19H25N5O. The van der Waals surface area contributed by atoms with Gasteiger partial charge in [0.05, 0.1) is 18.1 Å². The maximum Gasteiger partial charge on any atom is 0.272 e. The molecule has 1 atom stereocenters. The molecule has 0 spiro atoms. The molecule has 0 aromatic carbocycles. The number of carbonyl (C=O) groups is 1. The monoisotopic (exact) mass is 339 g/mol. The average Bonchev–Trinajstić information content (AvgIpc) is 2.88. The van der Waals surface area contributed by atoms with Gasteiger partial charge in [-0.05, 0) is 50.2 Å². The molecule has 1 fully saturated rings. The Labute approximate surface area is 148 Å². The lowest BCUT2D eigenvalue weighted by Gasteiger charge is -2.21. The second-order valence-corrected chi connectivity index (χ2v) is 6.61. The number of hydrogen-bond donors (Lipinski definition) is 1. The van der Waals surface area contributed by atoms with Crippen molar-refractivity contribution in [2.45, 2.75) is 32.6 Å². The van der Waals surface area contributed by atoms with E-state index in [1.54, 1.807) is 12.4 Å². The van der Waals surface area contributed by atoms with E-state index < -0.39 is 0 Å². The van der Waals surface area contributed by atoms with Crippen molar-refractivity contribution >= 4 is 11.7 Å². The Morgan fingerprint density at radius 1 is 1.24 bits per heavy atom. The summed E-state index contributed by atoms with van der Waals surface area (Å²) in [4.78, 5) is 27.8. The van der Waals surface area contributed by atoms with E-state index in [1.165, 1.54) is 0 Å². The number of anilines is 1. The number of nitrogens with zero attached hydrogens (tertiary/aromatic N) is 4. The van der Waals surface area contributed by atoms with Crippen molar-refractivity contribution in [2.24, 2.45) is 5.92 Å². The van der Waals surface area contributed by atoms with Gasteiger partial charge < -0.3 is 10.2 Å². The average molecular weight is 339 g/mol. The van der Waals surface area contributed by atoms with Crippen molar-refractivity contribution in [1.29, 1.82) is 0 Å². The van der Waals surface area contributed by atoms with Gasteiger partial charge in [-0.2, -0.15) is 0 Å². The highest BCUT2D eigenvalue weighted by Crippen LogP contribution is 2.22. The Morgan fingerprint density at radius 3 is 2.84 bits per heavy atom. The second kappa shape index (κ2) is 8.05. The Balaban J connectivity index is 1.60. The number of aryl methyl sites for hydroxylation is 1. The van der Waals surface area contributed by atoms with Crippen LogP contribution in [0.4, 0.5) is 5.82 Å². The molecule has 6 nitrogen and oxygen atoms in total. The molecule has 132 valence electrons. The zero-order valence-corrected chi connectivity index (χ0v) is 14.9. The zero-order chi connectivity index (χ0) is 17.6. The lowest BCUT2D eigenvalue weighted by molar-refractivity contribution is 0.0753. The van der Waals surface area contributed by atoms with E-state index >= 15 is 0 Å². The van der Waals surface area contributed by atoms with Gasteiger partial charge in [0, 0.05) is 26.3 Å². The van der Waals surface area contributed by atoms with Crippen LogP contribution in [0.3, 0.4) is 0 Å². The second-order valence-electron chi connectivity index (χ2n) is 6.61. The van der Waals surface area contributed by atoms with Crippen molar-refractivity contribution in [3.8, 4) is 0 Å². The van der Waals surface area contributed by atoms with Crippen LogP contribution in [0.25, 0.3) is 0 Å². The third-order valence-electron chi connectivity index (χ3n) is 4.81. The summed E-state index contributed by atoms with van der Waals surface area (Å²) in [6, 6.07) is 3.80. The Kier molecular flexibility index (Phi) is 5.58. The standard InChI is InChI=1S/C19H25N5O/c1-14-5-3-8-21-18(14)19(25)24-9-4-6-15(7-10-24)11-16-12-23-17(20-2)13-22-16/h3,5,8,12-13,15H,4,6-7,9-11H2,1-2H3,(H,20,23). The van der Waals surface area contributed by atoms with Gasteiger partial charge in [-0.3, -0.25) is 14.8 Å². The summed E-state index contributed by atoms with van der Waals surface area (Å²) < 4.78 is 0. The molecule has 1 aliphatic heterocycles. The van der Waals surface area contributed by atoms with Gasteiger partial charge in [0.15, 0.2) is 0 Å². The van der Waals surface area contributed by atoms with Gasteiger partial charge in [-0.15, -0.1) is 0 Å². The van der Waals surface area contributed by atoms with Crippen LogP contribution in [0.1, 0.15) is 41.0 Å². The zero-order valence-electron chi connectivity index (χ0n) is 14.9. The number of aromatic nitrogens is 3. The molecule has 0 saturated carbocycles. The minimum Gasteiger partial charge on any atom is -0.372 e. The van der Waals surface area contributed by atoms with Crippen LogP contribution in [0.2, 0.25) is 0 Å². The summed E-state index contributed by atoms with van der Waals surface area (Å²) >= 11 is 0. The number of amides is 1. The fourth-order valence-electron chi connectivity index (χ4n) is 3.32. The van der Waals surface area contributed by atoms with Gasteiger partial charge in [-0.1, -0.05) is 6.07 Å². The molecule has 1 saturated heterocycles. The fourth-order valence-corrected chi connectivity index (χ4v) is 3.32. The van der Waals surface area contributed by atoms with Crippen molar-refractivity contribution in [2.75, 3.05) is 25.5 Å². The fraction of sp³-hybridized carbons (Fsp3) is 0.474. The summed E-state index contributed by atoms with van der Waals surface area (Å²) in [7, 11) is 1.84. The molecule has 0 radical (unpaired) electrons. The van der Waals surface area contributed by atoms with Crippen LogP contribution in [-0.2, 0) is 6.42 Å². The normalized spacial score (nSPS) is 17.8. The molecule has 0 aliphatic carbocycles. The Bertz CT molecular complexity index is 716. The quantitative estimate of drug-likeness (QED) is 0.927. The highest BCUT2D eigenvalue weighted by atomic mass is 16.2. The van der Waals surface area contributed by atoms with Gasteiger partial charge in [0.25, 0.3) is 5.91 Å². The molecule has 1 N–H and O–H groups in total. The molecule has 3 rings (SSSR count). The number of pyridine rings is 1. The van der Waals surface area contributed by atoms with E-state index in [0.29, 0.717) is 11.6 Å². The largest absolute Gasteiger partial charge is 0.372 e. The maximum atomic E-state index is 12.7. The van der Waals surface area contributed by atoms with Crippen LogP contribution < -0.4 is 5.32 Å². The maximum absolute atomic E-state index is 12.7. The molecule has 6 heteroatoms. The number of likely N-dealkylation sites (tertiary alicyclic amines) is 1. The molecule has 1 aliphatic rings. The van der Waals surface area contributed by atoms with E-state index in [2.05, 4.69) is 20.3 Å². The van der Waals surface area contributed by atoms with E-state index in [0.717, 1.165) is 55.8 Å². The first-order valence-electron chi connectivity index (χ1n) is 8.87. The summed E-state index contributed by atoms with van der Waals surface area (Å²) in [5, 5.41) is 2.98. The Morgan fingerprint density at radius 2 is 2.12 bits per heavy atom. The third kappa shape index (κ3) is 4.32. The Hall–Kier alpha value is -2.50. The van der Waals surface area contributed by atoms with E-state index in [1.807, 2.05) is 37.2 Å². The molecule has 0 bridgehead atoms. The van der Waals surface area contributed by atoms with Gasteiger partial charge in [0.1, 0.15) is 11.5 Å². The number of hydrogen-bond acceptors (Lipinski definition) is 5. The van der Waals surface area contributed by atoms with Crippen LogP contribution in [0.5, 0.6) is 0 Å². The highest BCUT2D eigenvalue weighted by molar-refractivity contribution is 5.93. The number of rotatable bonds is 4. The van der Waals surface area contributed by atoms with Gasteiger partial charge in [0.2, 0.25) is 0 Å². The summed E-state index contributed by atoms with van der Waals surface area (Å²) in [5.41, 5.74) is 2.53. The van der Waals surface area contributed by atoms with Crippen LogP contribution in [-0.4, -0.2) is 45.9 Å². The molecule has 3 heterocycles. The smallest absolute Gasteiger partial charge is 0.272 e. The third-order valence-corrected chi connectivity index (χ3v) is 4.81. The van der Waals surface area contributed by atoms with E-state index in [-0.39, 0.29) is 5.91 Å². The van der Waals surface area contributed by atoms with E-state index in [4.69, 9.17) is 0 Å². The SMILES string of the molecule is CNc1cnc(CC2CCCN(C(=O)c3ncccc3C)CC2)cn1. The number of carbonyl (C=O) groups excluding carboxylic acids is 1.